The van der Waals surface area contributed by atoms with Crippen molar-refractivity contribution < 1.29 is 0 Å². The highest BCUT2D eigenvalue weighted by Crippen LogP contribution is 2.22. The fourth-order valence-electron chi connectivity index (χ4n) is 1.41. The van der Waals surface area contributed by atoms with E-state index in [1.165, 1.54) is 17.7 Å². The molecule has 0 amide bonds. The molecule has 0 N–H and O–H groups in total. The van der Waals surface area contributed by atoms with Gasteiger partial charge in [0.05, 0.1) is 0 Å². The Kier molecular flexibility index (Phi) is 7.35. The lowest BCUT2D eigenvalue weighted by atomic mass is 10.1. The second kappa shape index (κ2) is 8.27. The molecule has 3 heteroatoms. The van der Waals surface area contributed by atoms with Gasteiger partial charge in [0.15, 0.2) is 0 Å². The molecule has 0 saturated carbocycles. The van der Waals surface area contributed by atoms with Crippen LogP contribution in [0.1, 0.15) is 25.3 Å². The summed E-state index contributed by atoms with van der Waals surface area (Å²) in [4.78, 5) is 0. The summed E-state index contributed by atoms with van der Waals surface area (Å²) in [6.07, 6.45) is 2.36. The van der Waals surface area contributed by atoms with Gasteiger partial charge >= 0.3 is 0 Å². The van der Waals surface area contributed by atoms with Crippen LogP contribution in [0, 0.1) is 5.92 Å². The summed E-state index contributed by atoms with van der Waals surface area (Å²) in [7, 11) is 0. The van der Waals surface area contributed by atoms with E-state index < -0.39 is 0 Å². The standard InChI is InChI=1S/C13H18Cl2S/c1-11(6-8-14)7-9-16-10-12-4-2-3-5-13(12)15/h2-5,11H,6-10H2,1H3. The molecule has 0 bridgehead atoms. The first kappa shape index (κ1) is 14.2. The summed E-state index contributed by atoms with van der Waals surface area (Å²) >= 11 is 13.7. The molecule has 0 aromatic heterocycles. The van der Waals surface area contributed by atoms with Crippen LogP contribution >= 0.6 is 35.0 Å². The second-order valence-electron chi connectivity index (χ2n) is 4.02. The first-order chi connectivity index (χ1) is 7.74. The number of alkyl halides is 1. The Morgan fingerprint density at radius 3 is 2.69 bits per heavy atom. The van der Waals surface area contributed by atoms with E-state index in [9.17, 15) is 0 Å². The maximum Gasteiger partial charge on any atom is 0.0446 e. The molecule has 0 radical (unpaired) electrons. The van der Waals surface area contributed by atoms with Gasteiger partial charge in [-0.05, 0) is 36.1 Å². The van der Waals surface area contributed by atoms with Gasteiger partial charge in [-0.1, -0.05) is 36.7 Å². The van der Waals surface area contributed by atoms with Crippen molar-refractivity contribution in [3.63, 3.8) is 0 Å². The van der Waals surface area contributed by atoms with Crippen molar-refractivity contribution >= 4 is 35.0 Å². The lowest BCUT2D eigenvalue weighted by Gasteiger charge is -2.09. The van der Waals surface area contributed by atoms with Gasteiger partial charge in [0.1, 0.15) is 0 Å². The predicted molar refractivity (Wildman–Crippen MR) is 76.7 cm³/mol. The summed E-state index contributed by atoms with van der Waals surface area (Å²) in [6.45, 7) is 2.26. The first-order valence-electron chi connectivity index (χ1n) is 5.61. The van der Waals surface area contributed by atoms with Crippen molar-refractivity contribution in [1.82, 2.24) is 0 Å². The number of hydrogen-bond acceptors (Lipinski definition) is 1. The van der Waals surface area contributed by atoms with Crippen LogP contribution in [0.25, 0.3) is 0 Å². The lowest BCUT2D eigenvalue weighted by Crippen LogP contribution is -1.97. The molecular formula is C13H18Cl2S. The molecule has 0 aliphatic heterocycles. The summed E-state index contributed by atoms with van der Waals surface area (Å²) in [5.74, 6) is 3.70. The SMILES string of the molecule is CC(CCCl)CCSCc1ccccc1Cl. The van der Waals surface area contributed by atoms with E-state index in [2.05, 4.69) is 13.0 Å². The van der Waals surface area contributed by atoms with E-state index in [1.807, 2.05) is 30.0 Å². The van der Waals surface area contributed by atoms with Gasteiger partial charge in [-0.15, -0.1) is 11.6 Å². The summed E-state index contributed by atoms with van der Waals surface area (Å²) in [5.41, 5.74) is 1.24. The fraction of sp³-hybridized carbons (Fsp3) is 0.538. The van der Waals surface area contributed by atoms with Crippen molar-refractivity contribution in [3.05, 3.63) is 34.9 Å². The molecule has 0 nitrogen and oxygen atoms in total. The predicted octanol–water partition coefficient (Wildman–Crippen LogP) is 5.23. The molecule has 1 atom stereocenters. The Hall–Kier alpha value is 0.150. The Morgan fingerprint density at radius 1 is 1.25 bits per heavy atom. The van der Waals surface area contributed by atoms with Crippen LogP contribution in [0.4, 0.5) is 0 Å². The minimum absolute atomic E-state index is 0.733. The van der Waals surface area contributed by atoms with E-state index in [1.54, 1.807) is 0 Å². The van der Waals surface area contributed by atoms with Gasteiger partial charge in [-0.25, -0.2) is 0 Å². The van der Waals surface area contributed by atoms with Crippen molar-refractivity contribution in [3.8, 4) is 0 Å². The highest BCUT2D eigenvalue weighted by atomic mass is 35.5. The fourth-order valence-corrected chi connectivity index (χ4v) is 3.25. The number of hydrogen-bond donors (Lipinski definition) is 0. The lowest BCUT2D eigenvalue weighted by molar-refractivity contribution is 0.552. The average molecular weight is 277 g/mol. The number of thioether (sulfide) groups is 1. The van der Waals surface area contributed by atoms with Gasteiger partial charge in [0.25, 0.3) is 0 Å². The topological polar surface area (TPSA) is 0 Å². The largest absolute Gasteiger partial charge is 0.157 e. The van der Waals surface area contributed by atoms with Crippen LogP contribution in [0.5, 0.6) is 0 Å². The molecule has 0 saturated heterocycles. The number of rotatable bonds is 7. The molecule has 0 fully saturated rings. The van der Waals surface area contributed by atoms with Gasteiger partial charge in [-0.2, -0.15) is 11.8 Å². The molecule has 0 aliphatic rings. The van der Waals surface area contributed by atoms with E-state index in [0.717, 1.165) is 29.0 Å². The molecule has 0 aliphatic carbocycles. The van der Waals surface area contributed by atoms with Crippen LogP contribution in [0.3, 0.4) is 0 Å². The molecule has 16 heavy (non-hydrogen) atoms. The Bertz CT molecular complexity index is 302. The maximum absolute atomic E-state index is 6.08. The molecule has 90 valence electrons. The Balaban J connectivity index is 2.19. The van der Waals surface area contributed by atoms with Gasteiger partial charge in [0.2, 0.25) is 0 Å². The van der Waals surface area contributed by atoms with E-state index >= 15 is 0 Å². The zero-order chi connectivity index (χ0) is 11.8. The van der Waals surface area contributed by atoms with Crippen LogP contribution in [0.15, 0.2) is 24.3 Å². The second-order valence-corrected chi connectivity index (χ2v) is 5.91. The van der Waals surface area contributed by atoms with Crippen molar-refractivity contribution in [1.29, 1.82) is 0 Å². The normalized spacial score (nSPS) is 12.7. The van der Waals surface area contributed by atoms with Crippen molar-refractivity contribution in [2.45, 2.75) is 25.5 Å². The highest BCUT2D eigenvalue weighted by molar-refractivity contribution is 7.98. The molecule has 1 rings (SSSR count). The number of halogens is 2. The van der Waals surface area contributed by atoms with Gasteiger partial charge in [-0.3, -0.25) is 0 Å². The van der Waals surface area contributed by atoms with E-state index in [-0.39, 0.29) is 0 Å². The minimum atomic E-state index is 0.733. The molecule has 1 aromatic carbocycles. The van der Waals surface area contributed by atoms with Gasteiger partial charge < -0.3 is 0 Å². The third kappa shape index (κ3) is 5.47. The Labute approximate surface area is 113 Å². The van der Waals surface area contributed by atoms with E-state index in [4.69, 9.17) is 23.2 Å². The van der Waals surface area contributed by atoms with Gasteiger partial charge in [0, 0.05) is 16.7 Å². The zero-order valence-electron chi connectivity index (χ0n) is 9.59. The van der Waals surface area contributed by atoms with Crippen LogP contribution in [-0.4, -0.2) is 11.6 Å². The maximum atomic E-state index is 6.08. The molecule has 1 unspecified atom stereocenters. The van der Waals surface area contributed by atoms with E-state index in [0.29, 0.717) is 0 Å². The third-order valence-electron chi connectivity index (χ3n) is 2.57. The molecule has 1 aromatic rings. The minimum Gasteiger partial charge on any atom is -0.157 e. The molecule has 0 heterocycles. The van der Waals surface area contributed by atoms with Crippen LogP contribution < -0.4 is 0 Å². The van der Waals surface area contributed by atoms with Crippen LogP contribution in [-0.2, 0) is 5.75 Å². The zero-order valence-corrected chi connectivity index (χ0v) is 11.9. The number of benzene rings is 1. The summed E-state index contributed by atoms with van der Waals surface area (Å²) < 4.78 is 0. The highest BCUT2D eigenvalue weighted by Gasteiger charge is 2.02. The molecule has 0 spiro atoms. The Morgan fingerprint density at radius 2 is 2.00 bits per heavy atom. The van der Waals surface area contributed by atoms with Crippen molar-refractivity contribution in [2.75, 3.05) is 11.6 Å². The van der Waals surface area contributed by atoms with Crippen LogP contribution in [0.2, 0.25) is 5.02 Å². The quantitative estimate of drug-likeness (QED) is 0.486. The van der Waals surface area contributed by atoms with Crippen molar-refractivity contribution in [2.24, 2.45) is 5.92 Å². The smallest absolute Gasteiger partial charge is 0.0446 e. The molecular weight excluding hydrogens is 259 g/mol. The summed E-state index contributed by atoms with van der Waals surface area (Å²) in [5, 5.41) is 0.879. The average Bonchev–Trinajstić information content (AvgIpc) is 2.27. The third-order valence-corrected chi connectivity index (χ3v) is 4.20. The monoisotopic (exact) mass is 276 g/mol. The first-order valence-corrected chi connectivity index (χ1v) is 7.68. The summed E-state index contributed by atoms with van der Waals surface area (Å²) in [6, 6.07) is 8.06.